The lowest BCUT2D eigenvalue weighted by molar-refractivity contribution is -0.134. The highest BCUT2D eigenvalue weighted by Crippen LogP contribution is 2.42. The van der Waals surface area contributed by atoms with E-state index in [2.05, 4.69) is 30.6 Å². The number of hydrogen-bond acceptors (Lipinski definition) is 11. The highest BCUT2D eigenvalue weighted by Gasteiger charge is 2.34. The highest BCUT2D eigenvalue weighted by molar-refractivity contribution is 8.00. The van der Waals surface area contributed by atoms with Gasteiger partial charge in [0, 0.05) is 86.7 Å². The average Bonchev–Trinajstić information content (AvgIpc) is 3.66. The van der Waals surface area contributed by atoms with Gasteiger partial charge in [-0.2, -0.15) is 13.9 Å². The third-order valence-electron chi connectivity index (χ3n) is 8.88. The van der Waals surface area contributed by atoms with E-state index in [1.165, 1.54) is 16.8 Å². The van der Waals surface area contributed by atoms with E-state index in [9.17, 15) is 18.4 Å². The molecule has 0 radical (unpaired) electrons. The number of hydrazine groups is 1. The zero-order chi connectivity index (χ0) is 33.0. The van der Waals surface area contributed by atoms with Gasteiger partial charge in [0.15, 0.2) is 5.65 Å². The second-order valence-corrected chi connectivity index (χ2v) is 13.6. The van der Waals surface area contributed by atoms with Crippen LogP contribution in [0, 0.1) is 0 Å². The second-order valence-electron chi connectivity index (χ2n) is 12.2. The number of halogens is 2. The van der Waals surface area contributed by atoms with Crippen molar-refractivity contribution in [1.29, 1.82) is 0 Å². The smallest absolute Gasteiger partial charge is 0.387 e. The number of alkyl halides is 2. The normalized spacial score (nSPS) is 20.8. The second kappa shape index (κ2) is 14.7. The molecule has 2 saturated heterocycles. The molecule has 1 aromatic carbocycles. The number of amides is 2. The lowest BCUT2D eigenvalue weighted by Crippen LogP contribution is -2.53. The van der Waals surface area contributed by atoms with Crippen molar-refractivity contribution in [3.8, 4) is 5.75 Å². The number of rotatable bonds is 12. The van der Waals surface area contributed by atoms with Crippen molar-refractivity contribution in [2.24, 2.45) is 0 Å². The van der Waals surface area contributed by atoms with Crippen LogP contribution in [0.5, 0.6) is 5.75 Å². The zero-order valence-corrected chi connectivity index (χ0v) is 27.3. The molecule has 2 amide bonds. The van der Waals surface area contributed by atoms with Gasteiger partial charge in [-0.1, -0.05) is 0 Å². The van der Waals surface area contributed by atoms with Gasteiger partial charge >= 0.3 is 6.61 Å². The minimum absolute atomic E-state index is 0.0104. The predicted molar refractivity (Wildman–Crippen MR) is 173 cm³/mol. The van der Waals surface area contributed by atoms with Crippen LogP contribution < -0.4 is 15.5 Å². The molecule has 3 aromatic rings. The Bertz CT molecular complexity index is 1640. The van der Waals surface area contributed by atoms with Gasteiger partial charge in [0.05, 0.1) is 31.1 Å². The largest absolute Gasteiger partial charge is 0.434 e. The molecule has 1 unspecified atom stereocenters. The third-order valence-corrected chi connectivity index (χ3v) is 10.2. The monoisotopic (exact) mass is 683 g/mol. The molecule has 16 heteroatoms. The number of carbonyl (C=O) groups is 2. The molecule has 0 bridgehead atoms. The molecule has 4 aliphatic rings. The molecule has 1 aliphatic carbocycles. The van der Waals surface area contributed by atoms with Crippen LogP contribution in [0.2, 0.25) is 0 Å². The molecule has 2 aromatic heterocycles. The molecule has 3 aliphatic heterocycles. The Kier molecular flexibility index (Phi) is 10.0. The van der Waals surface area contributed by atoms with Gasteiger partial charge in [-0.25, -0.2) is 14.9 Å². The summed E-state index contributed by atoms with van der Waals surface area (Å²) in [6, 6.07) is 6.06. The van der Waals surface area contributed by atoms with Crippen LogP contribution in [-0.2, 0) is 9.53 Å². The summed E-state index contributed by atoms with van der Waals surface area (Å²) in [5, 5.41) is 9.24. The number of nitrogens with one attached hydrogen (secondary N) is 2. The molecular weight excluding hydrogens is 644 g/mol. The number of morpholine rings is 1. The molecule has 256 valence electrons. The first-order chi connectivity index (χ1) is 23.4. The maximum atomic E-state index is 13.6. The molecule has 2 N–H and O–H groups in total. The summed E-state index contributed by atoms with van der Waals surface area (Å²) >= 11 is 1.68. The van der Waals surface area contributed by atoms with Crippen molar-refractivity contribution in [1.82, 2.24) is 45.0 Å². The number of fused-ring (bicyclic) bond motifs is 1. The Morgan fingerprint density at radius 3 is 2.60 bits per heavy atom. The Morgan fingerprint density at radius 2 is 1.85 bits per heavy atom. The zero-order valence-electron chi connectivity index (χ0n) is 26.5. The van der Waals surface area contributed by atoms with Gasteiger partial charge in [0.25, 0.3) is 5.91 Å². The summed E-state index contributed by atoms with van der Waals surface area (Å²) in [5.74, 6) is -0.559. The maximum Gasteiger partial charge on any atom is 0.387 e. The van der Waals surface area contributed by atoms with Crippen molar-refractivity contribution >= 4 is 29.2 Å². The molecule has 1 atom stereocenters. The van der Waals surface area contributed by atoms with Crippen LogP contribution in [-0.4, -0.2) is 130 Å². The highest BCUT2D eigenvalue weighted by atomic mass is 32.2. The van der Waals surface area contributed by atoms with Gasteiger partial charge in [-0.15, -0.1) is 11.8 Å². The third kappa shape index (κ3) is 7.89. The van der Waals surface area contributed by atoms with E-state index >= 15 is 0 Å². The Morgan fingerprint density at radius 1 is 1.08 bits per heavy atom. The first-order valence-corrected chi connectivity index (χ1v) is 17.2. The summed E-state index contributed by atoms with van der Waals surface area (Å²) in [7, 11) is 0. The summed E-state index contributed by atoms with van der Waals surface area (Å²) in [6.45, 7) is 5.14. The van der Waals surface area contributed by atoms with Gasteiger partial charge in [-0.3, -0.25) is 19.4 Å². The molecule has 48 heavy (non-hydrogen) atoms. The van der Waals surface area contributed by atoms with Crippen LogP contribution >= 0.6 is 11.8 Å². The fourth-order valence-electron chi connectivity index (χ4n) is 6.11. The molecule has 0 spiro atoms. The van der Waals surface area contributed by atoms with Gasteiger partial charge in [-0.05, 0) is 37.1 Å². The van der Waals surface area contributed by atoms with Gasteiger partial charge in [0.1, 0.15) is 17.9 Å². The Labute approximate surface area is 281 Å². The summed E-state index contributed by atoms with van der Waals surface area (Å²) in [4.78, 5) is 38.9. The Hall–Kier alpha value is -3.83. The molecule has 5 heterocycles. The summed E-state index contributed by atoms with van der Waals surface area (Å²) in [6.07, 6.45) is 8.53. The van der Waals surface area contributed by atoms with Crippen molar-refractivity contribution < 1.29 is 27.8 Å². The van der Waals surface area contributed by atoms with Crippen molar-refractivity contribution in [2.45, 2.75) is 35.6 Å². The lowest BCUT2D eigenvalue weighted by atomic mass is 10.0. The van der Waals surface area contributed by atoms with Crippen LogP contribution in [0.4, 0.5) is 8.78 Å². The van der Waals surface area contributed by atoms with E-state index in [1.807, 2.05) is 11.0 Å². The Balaban J connectivity index is 1.06. The van der Waals surface area contributed by atoms with Crippen molar-refractivity contribution in [3.05, 3.63) is 65.9 Å². The topological polar surface area (TPSA) is 120 Å². The van der Waals surface area contributed by atoms with E-state index in [4.69, 9.17) is 9.47 Å². The minimum atomic E-state index is -3.04. The number of ether oxygens (including phenoxy) is 2. The predicted octanol–water partition coefficient (Wildman–Crippen LogP) is 2.19. The van der Waals surface area contributed by atoms with Crippen LogP contribution in [0.15, 0.2) is 59.6 Å². The van der Waals surface area contributed by atoms with E-state index in [0.29, 0.717) is 35.2 Å². The quantitative estimate of drug-likeness (QED) is 0.293. The maximum absolute atomic E-state index is 13.6. The van der Waals surface area contributed by atoms with E-state index in [0.717, 1.165) is 70.2 Å². The fraction of sp³-hybridized carbons (Fsp3) is 0.500. The number of nitrogens with zero attached hydrogens (tertiary/aromatic N) is 7. The van der Waals surface area contributed by atoms with E-state index in [-0.39, 0.29) is 23.8 Å². The number of piperazine rings is 1. The number of carbonyl (C=O) groups excluding carboxylic acids is 2. The molecular formula is C32H39F2N9O4S. The number of aromatic nitrogens is 3. The van der Waals surface area contributed by atoms with Crippen molar-refractivity contribution in [2.75, 3.05) is 72.1 Å². The number of hydrogen-bond donors (Lipinski definition) is 2. The molecule has 13 nitrogen and oxygen atoms in total. The van der Waals surface area contributed by atoms with Crippen LogP contribution in [0.25, 0.3) is 5.65 Å². The van der Waals surface area contributed by atoms with Gasteiger partial charge in [0.2, 0.25) is 5.91 Å². The SMILES string of the molecule is O=C(NC1=CN(CC(=O)N2CCN(CCN3CCOCC3)CC2)NC1c1cc(SC2CC2)ccc1OC(F)F)c1cnn2cccnc12. The van der Waals surface area contributed by atoms with Gasteiger partial charge < -0.3 is 24.7 Å². The average molecular weight is 684 g/mol. The molecule has 1 saturated carbocycles. The van der Waals surface area contributed by atoms with Crippen LogP contribution in [0.1, 0.15) is 34.8 Å². The summed E-state index contributed by atoms with van der Waals surface area (Å²) < 4.78 is 39.0. The van der Waals surface area contributed by atoms with Crippen LogP contribution in [0.3, 0.4) is 0 Å². The number of benzene rings is 1. The summed E-state index contributed by atoms with van der Waals surface area (Å²) in [5.41, 5.74) is 4.70. The van der Waals surface area contributed by atoms with E-state index in [1.54, 1.807) is 47.5 Å². The van der Waals surface area contributed by atoms with Crippen molar-refractivity contribution in [3.63, 3.8) is 0 Å². The first kappa shape index (κ1) is 32.7. The lowest BCUT2D eigenvalue weighted by Gasteiger charge is -2.37. The standard InChI is InChI=1S/C32H39F2N9O4S/c33-32(34)47-27-5-4-23(48-22-2-3-22)18-24(27)29-26(37-31(45)25-19-36-43-7-1-6-35-30(25)43)20-42(38-29)21-28(44)41-12-10-39(11-13-41)8-9-40-14-16-46-17-15-40/h1,4-7,18-20,22,29,32,38H,2-3,8-17,21H2,(H,37,45). The molecule has 7 rings (SSSR count). The first-order valence-electron chi connectivity index (χ1n) is 16.3. The fourth-order valence-corrected chi connectivity index (χ4v) is 7.21. The van der Waals surface area contributed by atoms with E-state index < -0.39 is 18.6 Å². The number of thioether (sulfide) groups is 1. The minimum Gasteiger partial charge on any atom is -0.434 e. The molecule has 3 fully saturated rings.